The molecule has 0 atom stereocenters. The average Bonchev–Trinajstić information content (AvgIpc) is 3.15. The summed E-state index contributed by atoms with van der Waals surface area (Å²) in [6, 6.07) is 40.5. The smallest absolute Gasteiger partial charge is 0.220 e. The van der Waals surface area contributed by atoms with E-state index in [4.69, 9.17) is 67.8 Å². The van der Waals surface area contributed by atoms with Crippen molar-refractivity contribution in [3.63, 3.8) is 0 Å². The van der Waals surface area contributed by atoms with Gasteiger partial charge in [-0.05, 0) is 71.1 Å². The van der Waals surface area contributed by atoms with Crippen molar-refractivity contribution in [3.8, 4) is 0 Å². The van der Waals surface area contributed by atoms with E-state index in [2.05, 4.69) is 48.5 Å². The minimum atomic E-state index is -0.844. The number of hydrogen-bond acceptors (Lipinski definition) is 12. The molecule has 0 amide bonds. The highest BCUT2D eigenvalue weighted by molar-refractivity contribution is 8.23. The Morgan fingerprint density at radius 3 is 0.776 bits per heavy atom. The van der Waals surface area contributed by atoms with Gasteiger partial charge in [-0.2, -0.15) is 0 Å². The molecule has 0 aromatic heterocycles. The monoisotopic (exact) mass is 800 g/mol. The van der Waals surface area contributed by atoms with Crippen molar-refractivity contribution in [3.05, 3.63) is 144 Å². The second-order valence-corrected chi connectivity index (χ2v) is 17.1. The van der Waals surface area contributed by atoms with E-state index in [9.17, 15) is 0 Å². The zero-order chi connectivity index (χ0) is 34.6. The van der Waals surface area contributed by atoms with Gasteiger partial charge in [-0.15, -0.1) is 0 Å². The van der Waals surface area contributed by atoms with Gasteiger partial charge >= 0.3 is 0 Å². The first-order chi connectivity index (χ1) is 23.9. The third-order valence-corrected chi connectivity index (χ3v) is 12.0. The highest BCUT2D eigenvalue weighted by Gasteiger charge is 2.37. The number of hydrogen-bond donors (Lipinski definition) is 0. The van der Waals surface area contributed by atoms with Crippen molar-refractivity contribution < 1.29 is 18.9 Å². The molecule has 0 unspecified atom stereocenters. The molecule has 12 heteroatoms. The van der Waals surface area contributed by atoms with Crippen LogP contribution in [0, 0.1) is 5.41 Å². The molecule has 49 heavy (non-hydrogen) atoms. The van der Waals surface area contributed by atoms with Crippen LogP contribution in [0.4, 0.5) is 0 Å². The molecule has 4 aromatic carbocycles. The van der Waals surface area contributed by atoms with Gasteiger partial charge in [0.05, 0.1) is 0 Å². The molecule has 0 fully saturated rings. The molecular formula is C37H36O4S8. The highest BCUT2D eigenvalue weighted by Crippen LogP contribution is 2.28. The summed E-state index contributed by atoms with van der Waals surface area (Å²) in [5.74, 6) is 2.77. The third-order valence-electron chi connectivity index (χ3n) is 6.78. The lowest BCUT2D eigenvalue weighted by Crippen LogP contribution is -2.43. The van der Waals surface area contributed by atoms with Gasteiger partial charge in [-0.3, -0.25) is 0 Å². The summed E-state index contributed by atoms with van der Waals surface area (Å²) in [6.45, 7) is 0.601. The molecule has 0 saturated carbocycles. The van der Waals surface area contributed by atoms with Crippen LogP contribution in [0.15, 0.2) is 121 Å². The van der Waals surface area contributed by atoms with Crippen LogP contribution in [0.2, 0.25) is 0 Å². The zero-order valence-electron chi connectivity index (χ0n) is 26.6. The minimum Gasteiger partial charge on any atom is -0.478 e. The summed E-state index contributed by atoms with van der Waals surface area (Å²) in [7, 11) is 0. The van der Waals surface area contributed by atoms with Gasteiger partial charge in [0.2, 0.25) is 17.5 Å². The van der Waals surface area contributed by atoms with Crippen LogP contribution >= 0.6 is 95.9 Å². The SMILES string of the molecule is S=C(OCC(COC(=S)SCc1ccccc1)(COC(=S)SCc1ccccc1)COC(=S)SCc1ccccc1)SCc1ccccc1. The maximum atomic E-state index is 6.22. The number of rotatable bonds is 16. The van der Waals surface area contributed by atoms with Gasteiger partial charge in [-0.25, -0.2) is 0 Å². The molecule has 0 bridgehead atoms. The maximum Gasteiger partial charge on any atom is 0.220 e. The lowest BCUT2D eigenvalue weighted by atomic mass is 9.92. The molecule has 0 aliphatic heterocycles. The van der Waals surface area contributed by atoms with Gasteiger partial charge in [-0.1, -0.05) is 168 Å². The largest absolute Gasteiger partial charge is 0.478 e. The number of thiocarbonyl (C=S) groups is 4. The molecule has 0 aliphatic rings. The average molecular weight is 801 g/mol. The molecule has 4 nitrogen and oxygen atoms in total. The van der Waals surface area contributed by atoms with Gasteiger partial charge in [0.25, 0.3) is 0 Å². The van der Waals surface area contributed by atoms with Crippen molar-refractivity contribution in [2.24, 2.45) is 5.41 Å². The van der Waals surface area contributed by atoms with E-state index in [1.165, 1.54) is 47.0 Å². The molecule has 256 valence electrons. The first kappa shape index (κ1) is 39.6. The van der Waals surface area contributed by atoms with Crippen molar-refractivity contribution in [2.75, 3.05) is 26.4 Å². The van der Waals surface area contributed by atoms with E-state index in [1.807, 2.05) is 72.8 Å². The summed E-state index contributed by atoms with van der Waals surface area (Å²) in [5, 5.41) is 0. The van der Waals surface area contributed by atoms with Crippen LogP contribution in [-0.2, 0) is 42.0 Å². The summed E-state index contributed by atoms with van der Waals surface area (Å²) in [4.78, 5) is 0. The minimum absolute atomic E-state index is 0.150. The van der Waals surface area contributed by atoms with E-state index in [-0.39, 0.29) is 26.4 Å². The number of ether oxygens (including phenoxy) is 4. The molecule has 4 rings (SSSR count). The summed E-state index contributed by atoms with van der Waals surface area (Å²) in [6.07, 6.45) is 0. The lowest BCUT2D eigenvalue weighted by molar-refractivity contribution is -0.00933. The molecule has 0 saturated heterocycles. The van der Waals surface area contributed by atoms with Crippen molar-refractivity contribution in [1.82, 2.24) is 0 Å². The summed E-state index contributed by atoms with van der Waals surface area (Å²) in [5.41, 5.74) is 3.78. The first-order valence-electron chi connectivity index (χ1n) is 15.2. The summed E-state index contributed by atoms with van der Waals surface area (Å²) < 4.78 is 26.5. The molecular weight excluding hydrogens is 765 g/mol. The van der Waals surface area contributed by atoms with Crippen LogP contribution in [0.5, 0.6) is 0 Å². The molecule has 0 aliphatic carbocycles. The second-order valence-electron chi connectivity index (χ2n) is 10.8. The highest BCUT2D eigenvalue weighted by atomic mass is 32.2. The van der Waals surface area contributed by atoms with E-state index >= 15 is 0 Å². The molecule has 0 heterocycles. The van der Waals surface area contributed by atoms with Crippen molar-refractivity contribution >= 4 is 113 Å². The number of thioether (sulfide) groups is 4. The van der Waals surface area contributed by atoms with Crippen LogP contribution in [0.25, 0.3) is 0 Å². The maximum absolute atomic E-state index is 6.22. The van der Waals surface area contributed by atoms with E-state index in [0.29, 0.717) is 40.5 Å². The fourth-order valence-electron chi connectivity index (χ4n) is 4.13. The summed E-state index contributed by atoms with van der Waals surface area (Å²) >= 11 is 28.4. The second kappa shape index (κ2) is 22.6. The number of benzene rings is 4. The Bertz CT molecular complexity index is 1350. The normalized spacial score (nSPS) is 10.9. The Morgan fingerprint density at radius 2 is 0.571 bits per heavy atom. The first-order valence-corrected chi connectivity index (χ1v) is 20.8. The van der Waals surface area contributed by atoms with Gasteiger partial charge in [0, 0.05) is 23.0 Å². The van der Waals surface area contributed by atoms with Crippen molar-refractivity contribution in [2.45, 2.75) is 23.0 Å². The molecule has 0 radical (unpaired) electrons. The van der Waals surface area contributed by atoms with Crippen LogP contribution in [-0.4, -0.2) is 44.0 Å². The topological polar surface area (TPSA) is 36.9 Å². The Labute approximate surface area is 328 Å². The van der Waals surface area contributed by atoms with Crippen LogP contribution < -0.4 is 0 Å². The standard InChI is InChI=1S/C37H36O4S8/c42-33(46-21-29-13-5-1-6-14-29)38-25-37(26-39-34(43)47-22-30-15-7-2-8-16-30,27-40-35(44)48-23-31-17-9-3-10-18-31)28-41-36(45)49-24-32-19-11-4-12-20-32/h1-20H,21-28H2. The molecule has 4 aromatic rings. The Morgan fingerprint density at radius 1 is 0.367 bits per heavy atom. The van der Waals surface area contributed by atoms with Gasteiger partial charge in [0.15, 0.2) is 0 Å². The van der Waals surface area contributed by atoms with E-state index in [0.717, 1.165) is 22.3 Å². The van der Waals surface area contributed by atoms with E-state index < -0.39 is 5.41 Å². The van der Waals surface area contributed by atoms with Crippen molar-refractivity contribution in [1.29, 1.82) is 0 Å². The van der Waals surface area contributed by atoms with E-state index in [1.54, 1.807) is 0 Å². The fraction of sp³-hybridized carbons (Fsp3) is 0.243. The van der Waals surface area contributed by atoms with Gasteiger partial charge in [0.1, 0.15) is 31.8 Å². The third kappa shape index (κ3) is 16.2. The molecule has 0 N–H and O–H groups in total. The predicted molar refractivity (Wildman–Crippen MR) is 228 cm³/mol. The Kier molecular flexibility index (Phi) is 18.3. The predicted octanol–water partition coefficient (Wildman–Crippen LogP) is 10.9. The Balaban J connectivity index is 1.44. The quantitative estimate of drug-likeness (QED) is 0.101. The van der Waals surface area contributed by atoms with Crippen LogP contribution in [0.1, 0.15) is 22.3 Å². The fourth-order valence-corrected chi connectivity index (χ4v) is 7.55. The lowest BCUT2D eigenvalue weighted by Gasteiger charge is -2.32. The molecule has 0 spiro atoms. The Hall–Kier alpha value is -2.16. The zero-order valence-corrected chi connectivity index (χ0v) is 33.1. The van der Waals surface area contributed by atoms with Gasteiger partial charge < -0.3 is 18.9 Å². The van der Waals surface area contributed by atoms with Crippen LogP contribution in [0.3, 0.4) is 0 Å².